The Kier molecular flexibility index (Phi) is 6.93. The summed E-state index contributed by atoms with van der Waals surface area (Å²) in [4.78, 5) is 22.2. The van der Waals surface area contributed by atoms with Crippen LogP contribution in [-0.4, -0.2) is 51.8 Å². The molecule has 0 fully saturated rings. The number of aryl methyl sites for hydroxylation is 1. The Morgan fingerprint density at radius 1 is 1.21 bits per heavy atom. The van der Waals surface area contributed by atoms with Crippen LogP contribution in [-0.2, 0) is 0 Å². The Bertz CT molecular complexity index is 992. The molecule has 8 heteroatoms. The lowest BCUT2D eigenvalue weighted by Gasteiger charge is -2.24. The Balaban J connectivity index is 1.98. The summed E-state index contributed by atoms with van der Waals surface area (Å²) in [6.45, 7) is 13.5. The predicted octanol–water partition coefficient (Wildman–Crippen LogP) is 5.02. The molecular formula is C21H28ClN5OS. The normalized spacial score (nSPS) is 11.7. The van der Waals surface area contributed by atoms with Crippen molar-refractivity contribution in [2.75, 3.05) is 31.1 Å². The molecule has 3 rings (SSSR count). The summed E-state index contributed by atoms with van der Waals surface area (Å²) < 4.78 is 2.83. The maximum absolute atomic E-state index is 13.4. The maximum atomic E-state index is 13.4. The van der Waals surface area contributed by atoms with Gasteiger partial charge in [-0.2, -0.15) is 5.10 Å². The molecule has 1 amide bonds. The molecule has 0 aliphatic rings. The number of halogens is 1. The average Bonchev–Trinajstić information content (AvgIpc) is 3.36. The standard InChI is InChI=1S/C21H28ClN5OS/c1-6-25(7-2)12-13-26(20(28)17-10-11-27(24-17)14(3)4)21-23-19-15(5)16(22)8-9-18(19)29-21/h8-11,14H,6-7,12-13H2,1-5H3. The van der Waals surface area contributed by atoms with E-state index in [9.17, 15) is 4.79 Å². The number of likely N-dealkylation sites (N-methyl/N-ethyl adjacent to an activating group) is 1. The molecule has 0 aliphatic heterocycles. The maximum Gasteiger partial charge on any atom is 0.280 e. The lowest BCUT2D eigenvalue weighted by atomic mass is 10.2. The summed E-state index contributed by atoms with van der Waals surface area (Å²) in [5.74, 6) is -0.126. The van der Waals surface area contributed by atoms with Crippen LogP contribution in [0, 0.1) is 6.92 Å². The third kappa shape index (κ3) is 4.63. The number of carbonyl (C=O) groups is 1. The molecule has 0 saturated carbocycles. The minimum Gasteiger partial charge on any atom is -0.302 e. The Labute approximate surface area is 181 Å². The van der Waals surface area contributed by atoms with Crippen LogP contribution >= 0.6 is 22.9 Å². The Hall–Kier alpha value is -1.96. The smallest absolute Gasteiger partial charge is 0.280 e. The van der Waals surface area contributed by atoms with E-state index in [4.69, 9.17) is 16.6 Å². The van der Waals surface area contributed by atoms with E-state index in [1.807, 2.05) is 39.1 Å². The van der Waals surface area contributed by atoms with Gasteiger partial charge < -0.3 is 4.90 Å². The monoisotopic (exact) mass is 433 g/mol. The van der Waals surface area contributed by atoms with Gasteiger partial charge >= 0.3 is 0 Å². The third-order valence-corrected chi connectivity index (χ3v) is 6.56. The Morgan fingerprint density at radius 2 is 1.93 bits per heavy atom. The van der Waals surface area contributed by atoms with Crippen molar-refractivity contribution in [2.45, 2.75) is 40.7 Å². The number of benzene rings is 1. The number of nitrogens with zero attached hydrogens (tertiary/aromatic N) is 5. The fraction of sp³-hybridized carbons (Fsp3) is 0.476. The van der Waals surface area contributed by atoms with Crippen molar-refractivity contribution < 1.29 is 4.79 Å². The van der Waals surface area contributed by atoms with Crippen LogP contribution in [0.1, 0.15) is 49.8 Å². The van der Waals surface area contributed by atoms with Crippen molar-refractivity contribution in [3.63, 3.8) is 0 Å². The molecule has 2 heterocycles. The molecule has 0 bridgehead atoms. The number of anilines is 1. The predicted molar refractivity (Wildman–Crippen MR) is 121 cm³/mol. The number of aromatic nitrogens is 3. The number of amides is 1. The van der Waals surface area contributed by atoms with E-state index in [2.05, 4.69) is 23.8 Å². The fourth-order valence-electron chi connectivity index (χ4n) is 3.15. The second-order valence-electron chi connectivity index (χ2n) is 7.27. The van der Waals surface area contributed by atoms with Gasteiger partial charge in [-0.05, 0) is 57.6 Å². The van der Waals surface area contributed by atoms with E-state index in [1.54, 1.807) is 15.6 Å². The summed E-state index contributed by atoms with van der Waals surface area (Å²) in [5.41, 5.74) is 2.23. The van der Waals surface area contributed by atoms with Gasteiger partial charge in [-0.1, -0.05) is 36.8 Å². The summed E-state index contributed by atoms with van der Waals surface area (Å²) >= 11 is 7.79. The molecule has 2 aromatic heterocycles. The van der Waals surface area contributed by atoms with Gasteiger partial charge in [0, 0.05) is 30.4 Å². The molecule has 0 unspecified atom stereocenters. The second-order valence-corrected chi connectivity index (χ2v) is 8.69. The molecule has 0 aliphatic carbocycles. The zero-order valence-corrected chi connectivity index (χ0v) is 19.2. The molecule has 29 heavy (non-hydrogen) atoms. The average molecular weight is 434 g/mol. The van der Waals surface area contributed by atoms with Crippen molar-refractivity contribution in [1.29, 1.82) is 0 Å². The van der Waals surface area contributed by atoms with Crippen LogP contribution < -0.4 is 4.90 Å². The molecule has 0 N–H and O–H groups in total. The highest BCUT2D eigenvalue weighted by Crippen LogP contribution is 2.34. The van der Waals surface area contributed by atoms with Crippen LogP contribution in [0.25, 0.3) is 10.2 Å². The van der Waals surface area contributed by atoms with Crippen molar-refractivity contribution in [3.8, 4) is 0 Å². The largest absolute Gasteiger partial charge is 0.302 e. The third-order valence-electron chi connectivity index (χ3n) is 5.10. The lowest BCUT2D eigenvalue weighted by molar-refractivity contribution is 0.0978. The highest BCUT2D eigenvalue weighted by molar-refractivity contribution is 7.22. The minimum absolute atomic E-state index is 0.126. The van der Waals surface area contributed by atoms with E-state index in [0.29, 0.717) is 22.4 Å². The van der Waals surface area contributed by atoms with Gasteiger partial charge in [0.05, 0.1) is 10.2 Å². The number of carbonyl (C=O) groups excluding carboxylic acids is 1. The van der Waals surface area contributed by atoms with Gasteiger partial charge in [-0.15, -0.1) is 0 Å². The molecule has 156 valence electrons. The number of thiazole rings is 1. The first-order valence-electron chi connectivity index (χ1n) is 10.0. The van der Waals surface area contributed by atoms with Gasteiger partial charge in [0.25, 0.3) is 5.91 Å². The minimum atomic E-state index is -0.126. The summed E-state index contributed by atoms with van der Waals surface area (Å²) in [5, 5.41) is 5.84. The molecule has 0 radical (unpaired) electrons. The first-order valence-corrected chi connectivity index (χ1v) is 11.2. The molecule has 0 saturated heterocycles. The molecule has 0 spiro atoms. The number of fused-ring (bicyclic) bond motifs is 1. The van der Waals surface area contributed by atoms with Gasteiger partial charge in [0.15, 0.2) is 10.8 Å². The van der Waals surface area contributed by atoms with Crippen LogP contribution in [0.2, 0.25) is 5.02 Å². The second kappa shape index (κ2) is 9.24. The van der Waals surface area contributed by atoms with E-state index in [-0.39, 0.29) is 11.9 Å². The summed E-state index contributed by atoms with van der Waals surface area (Å²) in [7, 11) is 0. The molecule has 0 atom stereocenters. The number of hydrogen-bond donors (Lipinski definition) is 0. The summed E-state index contributed by atoms with van der Waals surface area (Å²) in [6.07, 6.45) is 1.85. The topological polar surface area (TPSA) is 54.3 Å². The van der Waals surface area contributed by atoms with Crippen LogP contribution in [0.15, 0.2) is 24.4 Å². The van der Waals surface area contributed by atoms with Crippen LogP contribution in [0.5, 0.6) is 0 Å². The molecular weight excluding hydrogens is 406 g/mol. The Morgan fingerprint density at radius 3 is 2.55 bits per heavy atom. The van der Waals surface area contributed by atoms with Crippen LogP contribution in [0.4, 0.5) is 5.13 Å². The van der Waals surface area contributed by atoms with Crippen molar-refractivity contribution in [2.24, 2.45) is 0 Å². The van der Waals surface area contributed by atoms with E-state index in [0.717, 1.165) is 35.4 Å². The van der Waals surface area contributed by atoms with Gasteiger partial charge in [-0.3, -0.25) is 14.4 Å². The van der Waals surface area contributed by atoms with Gasteiger partial charge in [0.2, 0.25) is 0 Å². The quantitative estimate of drug-likeness (QED) is 0.500. The highest BCUT2D eigenvalue weighted by atomic mass is 35.5. The van der Waals surface area contributed by atoms with Crippen molar-refractivity contribution in [1.82, 2.24) is 19.7 Å². The first kappa shape index (κ1) is 21.7. The molecule has 1 aromatic carbocycles. The molecule has 3 aromatic rings. The van der Waals surface area contributed by atoms with Crippen molar-refractivity contribution in [3.05, 3.63) is 40.7 Å². The van der Waals surface area contributed by atoms with E-state index < -0.39 is 0 Å². The van der Waals surface area contributed by atoms with E-state index >= 15 is 0 Å². The number of rotatable bonds is 8. The zero-order valence-electron chi connectivity index (χ0n) is 17.6. The van der Waals surface area contributed by atoms with Crippen LogP contribution in [0.3, 0.4) is 0 Å². The first-order chi connectivity index (χ1) is 13.8. The fourth-order valence-corrected chi connectivity index (χ4v) is 4.35. The highest BCUT2D eigenvalue weighted by Gasteiger charge is 2.24. The zero-order chi connectivity index (χ0) is 21.1. The van der Waals surface area contributed by atoms with E-state index in [1.165, 1.54) is 11.3 Å². The van der Waals surface area contributed by atoms with Gasteiger partial charge in [-0.25, -0.2) is 4.98 Å². The van der Waals surface area contributed by atoms with Gasteiger partial charge in [0.1, 0.15) is 0 Å². The number of hydrogen-bond acceptors (Lipinski definition) is 5. The summed E-state index contributed by atoms with van der Waals surface area (Å²) in [6, 6.07) is 5.83. The SMILES string of the molecule is CCN(CC)CCN(C(=O)c1ccn(C(C)C)n1)c1nc2c(C)c(Cl)ccc2s1. The lowest BCUT2D eigenvalue weighted by Crippen LogP contribution is -2.39. The van der Waals surface area contributed by atoms with Crippen molar-refractivity contribution >= 4 is 44.2 Å². The molecule has 6 nitrogen and oxygen atoms in total.